The summed E-state index contributed by atoms with van der Waals surface area (Å²) in [5.74, 6) is 1.72. The number of nitrogens with zero attached hydrogens (tertiary/aromatic N) is 2. The van der Waals surface area contributed by atoms with E-state index < -0.39 is 0 Å². The summed E-state index contributed by atoms with van der Waals surface area (Å²) >= 11 is 0. The highest BCUT2D eigenvalue weighted by Gasteiger charge is 2.27. The van der Waals surface area contributed by atoms with Gasteiger partial charge in [0.2, 0.25) is 12.7 Å². The van der Waals surface area contributed by atoms with Crippen molar-refractivity contribution < 1.29 is 23.8 Å². The lowest BCUT2D eigenvalue weighted by Crippen LogP contribution is -2.42. The Hall–Kier alpha value is -3.23. The zero-order valence-electron chi connectivity index (χ0n) is 14.9. The summed E-state index contributed by atoms with van der Waals surface area (Å²) in [5.41, 5.74) is 0.980. The quantitative estimate of drug-likeness (QED) is 0.832. The fourth-order valence-electron chi connectivity index (χ4n) is 3.02. The Balaban J connectivity index is 1.39. The minimum absolute atomic E-state index is 0.0445. The van der Waals surface area contributed by atoms with Crippen molar-refractivity contribution in [2.75, 3.05) is 19.9 Å². The van der Waals surface area contributed by atoms with Gasteiger partial charge in [-0.1, -0.05) is 0 Å². The summed E-state index contributed by atoms with van der Waals surface area (Å²) in [6.07, 6.45) is 0.292. The van der Waals surface area contributed by atoms with Gasteiger partial charge in [0.05, 0.1) is 5.69 Å². The van der Waals surface area contributed by atoms with Gasteiger partial charge in [-0.15, -0.1) is 0 Å². The number of H-pyrrole nitrogens is 1. The molecule has 2 aliphatic heterocycles. The highest BCUT2D eigenvalue weighted by molar-refractivity contribution is 5.93. The molecular formula is C18H20N4O5. The van der Waals surface area contributed by atoms with E-state index in [4.69, 9.17) is 14.2 Å². The second-order valence-corrected chi connectivity index (χ2v) is 6.48. The van der Waals surface area contributed by atoms with Crippen molar-refractivity contribution in [3.63, 3.8) is 0 Å². The first-order valence-electron chi connectivity index (χ1n) is 8.74. The van der Waals surface area contributed by atoms with Crippen molar-refractivity contribution >= 4 is 11.8 Å². The van der Waals surface area contributed by atoms with E-state index >= 15 is 0 Å². The van der Waals surface area contributed by atoms with Gasteiger partial charge in [-0.3, -0.25) is 14.7 Å². The van der Waals surface area contributed by atoms with Gasteiger partial charge in [0.1, 0.15) is 12.4 Å². The van der Waals surface area contributed by atoms with Crippen LogP contribution in [0, 0.1) is 0 Å². The molecule has 2 N–H and O–H groups in total. The normalized spacial score (nSPS) is 18.8. The highest BCUT2D eigenvalue weighted by atomic mass is 16.7. The molecule has 9 heteroatoms. The first kappa shape index (κ1) is 17.2. The standard InChI is InChI=1S/C18H20N4O5/c1-11-8-19-17(23)4-5-22(11)18(24)14-6-12(20-21-14)9-25-13-2-3-15-16(7-13)27-10-26-15/h2-3,6-7,11H,4-5,8-10H2,1H3,(H,19,23)(H,20,21). The van der Waals surface area contributed by atoms with Crippen LogP contribution in [-0.4, -0.2) is 52.8 Å². The van der Waals surface area contributed by atoms with Gasteiger partial charge in [-0.25, -0.2) is 0 Å². The smallest absolute Gasteiger partial charge is 0.274 e. The van der Waals surface area contributed by atoms with E-state index in [0.29, 0.717) is 48.1 Å². The molecule has 1 unspecified atom stereocenters. The van der Waals surface area contributed by atoms with Crippen LogP contribution in [0.3, 0.4) is 0 Å². The molecule has 0 bridgehead atoms. The average molecular weight is 372 g/mol. The molecule has 3 heterocycles. The van der Waals surface area contributed by atoms with Crippen LogP contribution in [0.5, 0.6) is 17.2 Å². The first-order valence-corrected chi connectivity index (χ1v) is 8.74. The lowest BCUT2D eigenvalue weighted by molar-refractivity contribution is -0.120. The SMILES string of the molecule is CC1CNC(=O)CCN1C(=O)c1cc(COc2ccc3c(c2)OCO3)[nH]n1. The largest absolute Gasteiger partial charge is 0.487 e. The molecule has 2 amide bonds. The van der Waals surface area contributed by atoms with E-state index in [9.17, 15) is 9.59 Å². The fraction of sp³-hybridized carbons (Fsp3) is 0.389. The molecular weight excluding hydrogens is 352 g/mol. The van der Waals surface area contributed by atoms with Crippen molar-refractivity contribution in [3.8, 4) is 17.2 Å². The van der Waals surface area contributed by atoms with Crippen molar-refractivity contribution in [1.29, 1.82) is 0 Å². The monoisotopic (exact) mass is 372 g/mol. The van der Waals surface area contributed by atoms with E-state index in [2.05, 4.69) is 15.5 Å². The number of rotatable bonds is 4. The van der Waals surface area contributed by atoms with Crippen LogP contribution in [0.2, 0.25) is 0 Å². The van der Waals surface area contributed by atoms with Crippen LogP contribution in [0.15, 0.2) is 24.3 Å². The van der Waals surface area contributed by atoms with Gasteiger partial charge < -0.3 is 24.4 Å². The number of benzene rings is 1. The van der Waals surface area contributed by atoms with Crippen LogP contribution >= 0.6 is 0 Å². The molecule has 4 rings (SSSR count). The maximum atomic E-state index is 12.7. The molecule has 0 radical (unpaired) electrons. The summed E-state index contributed by atoms with van der Waals surface area (Å²) in [5, 5.41) is 9.72. The maximum absolute atomic E-state index is 12.7. The summed E-state index contributed by atoms with van der Waals surface area (Å²) in [6.45, 7) is 3.16. The van der Waals surface area contributed by atoms with Crippen LogP contribution in [0.1, 0.15) is 29.5 Å². The van der Waals surface area contributed by atoms with Crippen molar-refractivity contribution in [2.24, 2.45) is 0 Å². The highest BCUT2D eigenvalue weighted by Crippen LogP contribution is 2.35. The van der Waals surface area contributed by atoms with Crippen LogP contribution in [0.4, 0.5) is 0 Å². The van der Waals surface area contributed by atoms with Gasteiger partial charge in [-0.2, -0.15) is 5.10 Å². The molecule has 0 spiro atoms. The van der Waals surface area contributed by atoms with Gasteiger partial charge in [-0.05, 0) is 25.1 Å². The molecule has 0 aliphatic carbocycles. The number of ether oxygens (including phenoxy) is 3. The molecule has 2 aliphatic rings. The predicted octanol–water partition coefficient (Wildman–Crippen LogP) is 1.07. The zero-order valence-corrected chi connectivity index (χ0v) is 14.9. The number of amides is 2. The fourth-order valence-corrected chi connectivity index (χ4v) is 3.02. The summed E-state index contributed by atoms with van der Waals surface area (Å²) in [4.78, 5) is 25.9. The summed E-state index contributed by atoms with van der Waals surface area (Å²) in [6, 6.07) is 6.92. The van der Waals surface area contributed by atoms with E-state index in [-0.39, 0.29) is 31.3 Å². The van der Waals surface area contributed by atoms with Gasteiger partial charge >= 0.3 is 0 Å². The van der Waals surface area contributed by atoms with Crippen LogP contribution < -0.4 is 19.5 Å². The lowest BCUT2D eigenvalue weighted by atomic mass is 10.2. The van der Waals surface area contributed by atoms with Gasteiger partial charge in [0, 0.05) is 31.6 Å². The molecule has 27 heavy (non-hydrogen) atoms. The zero-order chi connectivity index (χ0) is 18.8. The summed E-state index contributed by atoms with van der Waals surface area (Å²) in [7, 11) is 0. The molecule has 1 aromatic heterocycles. The lowest BCUT2D eigenvalue weighted by Gasteiger charge is -2.25. The molecule has 142 valence electrons. The third-order valence-electron chi connectivity index (χ3n) is 4.56. The van der Waals surface area contributed by atoms with Crippen molar-refractivity contribution in [2.45, 2.75) is 26.0 Å². The third kappa shape index (κ3) is 3.67. The molecule has 0 saturated carbocycles. The molecule has 2 aromatic rings. The molecule has 1 saturated heterocycles. The Kier molecular flexibility index (Phi) is 4.57. The van der Waals surface area contributed by atoms with Gasteiger partial charge in [0.25, 0.3) is 5.91 Å². The number of carbonyl (C=O) groups excluding carboxylic acids is 2. The summed E-state index contributed by atoms with van der Waals surface area (Å²) < 4.78 is 16.3. The number of carbonyl (C=O) groups is 2. The van der Waals surface area contributed by atoms with Crippen molar-refractivity contribution in [1.82, 2.24) is 20.4 Å². The number of nitrogens with one attached hydrogen (secondary N) is 2. The molecule has 9 nitrogen and oxygen atoms in total. The number of fused-ring (bicyclic) bond motifs is 1. The topological polar surface area (TPSA) is 106 Å². The van der Waals surface area contributed by atoms with E-state index in [0.717, 1.165) is 0 Å². The van der Waals surface area contributed by atoms with E-state index in [1.54, 1.807) is 29.2 Å². The minimum atomic E-state index is -0.204. The Labute approximate surface area is 155 Å². The van der Waals surface area contributed by atoms with E-state index in [1.807, 2.05) is 6.92 Å². The van der Waals surface area contributed by atoms with Crippen molar-refractivity contribution in [3.05, 3.63) is 35.7 Å². The molecule has 1 fully saturated rings. The second-order valence-electron chi connectivity index (χ2n) is 6.48. The number of aromatic nitrogens is 2. The minimum Gasteiger partial charge on any atom is -0.487 e. The number of hydrogen-bond donors (Lipinski definition) is 2. The third-order valence-corrected chi connectivity index (χ3v) is 4.56. The Morgan fingerprint density at radius 1 is 1.33 bits per heavy atom. The average Bonchev–Trinajstić information content (AvgIpc) is 3.30. The number of hydrogen-bond acceptors (Lipinski definition) is 6. The Morgan fingerprint density at radius 3 is 3.07 bits per heavy atom. The Morgan fingerprint density at radius 2 is 2.19 bits per heavy atom. The van der Waals surface area contributed by atoms with E-state index in [1.165, 1.54) is 0 Å². The van der Waals surface area contributed by atoms with Gasteiger partial charge in [0.15, 0.2) is 17.2 Å². The maximum Gasteiger partial charge on any atom is 0.274 e. The molecule has 1 atom stereocenters. The predicted molar refractivity (Wildman–Crippen MR) is 93.6 cm³/mol. The second kappa shape index (κ2) is 7.18. The Bertz CT molecular complexity index is 865. The first-order chi connectivity index (χ1) is 13.1. The van der Waals surface area contributed by atoms with Crippen LogP contribution in [0.25, 0.3) is 0 Å². The van der Waals surface area contributed by atoms with Crippen LogP contribution in [-0.2, 0) is 11.4 Å². The molecule has 1 aromatic carbocycles. The number of aromatic amines is 1.